The van der Waals surface area contributed by atoms with Crippen LogP contribution in [0.5, 0.6) is 0 Å². The van der Waals surface area contributed by atoms with Gasteiger partial charge in [-0.15, -0.1) is 5.10 Å². The maximum absolute atomic E-state index is 13.5. The lowest BCUT2D eigenvalue weighted by atomic mass is 10.1. The van der Waals surface area contributed by atoms with E-state index in [1.165, 1.54) is 24.3 Å². The van der Waals surface area contributed by atoms with Gasteiger partial charge in [-0.05, 0) is 0 Å². The molecule has 0 saturated heterocycles. The van der Waals surface area contributed by atoms with Gasteiger partial charge >= 0.3 is 18.0 Å². The first kappa shape index (κ1) is 16.2. The van der Waals surface area contributed by atoms with Crippen LogP contribution in [0.25, 0.3) is 11.4 Å². The SMILES string of the molecule is Cn1nc(C(F)(F)C(F)(F)C(F)(F)F)nc1-c1ccccc1. The average molecular weight is 327 g/mol. The van der Waals surface area contributed by atoms with Crippen molar-refractivity contribution in [2.24, 2.45) is 7.05 Å². The lowest BCUT2D eigenvalue weighted by Crippen LogP contribution is -2.50. The lowest BCUT2D eigenvalue weighted by Gasteiger charge is -2.25. The molecule has 10 heteroatoms. The minimum atomic E-state index is -6.43. The number of aryl methyl sites for hydroxylation is 1. The van der Waals surface area contributed by atoms with E-state index in [1.807, 2.05) is 0 Å². The van der Waals surface area contributed by atoms with Crippen molar-refractivity contribution in [2.75, 3.05) is 0 Å². The predicted octanol–water partition coefficient (Wildman–Crippen LogP) is 3.77. The Kier molecular flexibility index (Phi) is 3.66. The summed E-state index contributed by atoms with van der Waals surface area (Å²) in [6.45, 7) is 0. The molecule has 1 aromatic carbocycles. The summed E-state index contributed by atoms with van der Waals surface area (Å²) in [4.78, 5) is 3.15. The number of aromatic nitrogens is 3. The molecule has 0 radical (unpaired) electrons. The van der Waals surface area contributed by atoms with E-state index in [-0.39, 0.29) is 11.4 Å². The Bertz CT molecular complexity index is 661. The zero-order valence-corrected chi connectivity index (χ0v) is 10.9. The van der Waals surface area contributed by atoms with Gasteiger partial charge in [0.15, 0.2) is 5.82 Å². The van der Waals surface area contributed by atoms with Crippen LogP contribution in [0.2, 0.25) is 0 Å². The Labute approximate surface area is 119 Å². The summed E-state index contributed by atoms with van der Waals surface area (Å²) in [6, 6.07) is 7.49. The molecule has 0 N–H and O–H groups in total. The Morgan fingerprint density at radius 2 is 1.45 bits per heavy atom. The van der Waals surface area contributed by atoms with E-state index in [9.17, 15) is 30.7 Å². The van der Waals surface area contributed by atoms with Crippen molar-refractivity contribution >= 4 is 0 Å². The molecule has 1 aromatic heterocycles. The van der Waals surface area contributed by atoms with E-state index >= 15 is 0 Å². The summed E-state index contributed by atoms with van der Waals surface area (Å²) in [5.41, 5.74) is 0.245. The number of hydrogen-bond donors (Lipinski definition) is 0. The smallest absolute Gasteiger partial charge is 0.248 e. The van der Waals surface area contributed by atoms with Crippen LogP contribution >= 0.6 is 0 Å². The first-order valence-electron chi connectivity index (χ1n) is 5.78. The molecule has 0 unspecified atom stereocenters. The summed E-state index contributed by atoms with van der Waals surface area (Å²) < 4.78 is 90.2. The maximum atomic E-state index is 13.5. The highest BCUT2D eigenvalue weighted by molar-refractivity contribution is 5.54. The van der Waals surface area contributed by atoms with Crippen LogP contribution in [0.15, 0.2) is 30.3 Å². The molecule has 0 amide bonds. The van der Waals surface area contributed by atoms with Gasteiger partial charge in [-0.3, -0.25) is 0 Å². The highest BCUT2D eigenvalue weighted by Gasteiger charge is 2.75. The summed E-state index contributed by atoms with van der Waals surface area (Å²) in [5, 5.41) is 3.01. The average Bonchev–Trinajstić information content (AvgIpc) is 2.81. The summed E-state index contributed by atoms with van der Waals surface area (Å²) >= 11 is 0. The van der Waals surface area contributed by atoms with Gasteiger partial charge in [0, 0.05) is 12.6 Å². The minimum absolute atomic E-state index is 0.245. The van der Waals surface area contributed by atoms with Gasteiger partial charge < -0.3 is 0 Å². The molecule has 3 nitrogen and oxygen atoms in total. The summed E-state index contributed by atoms with van der Waals surface area (Å²) in [5.74, 6) is -14.0. The molecule has 0 aliphatic heterocycles. The molecular weight excluding hydrogens is 319 g/mol. The fourth-order valence-electron chi connectivity index (χ4n) is 1.67. The molecule has 0 spiro atoms. The van der Waals surface area contributed by atoms with Gasteiger partial charge in [0.25, 0.3) is 0 Å². The molecule has 0 saturated carbocycles. The van der Waals surface area contributed by atoms with E-state index in [0.29, 0.717) is 4.68 Å². The molecule has 0 aliphatic carbocycles. The highest BCUT2D eigenvalue weighted by atomic mass is 19.4. The molecule has 2 rings (SSSR count). The molecule has 2 aromatic rings. The van der Waals surface area contributed by atoms with E-state index in [1.54, 1.807) is 6.07 Å². The van der Waals surface area contributed by atoms with Gasteiger partial charge in [0.2, 0.25) is 5.82 Å². The van der Waals surface area contributed by atoms with Crippen LogP contribution < -0.4 is 0 Å². The van der Waals surface area contributed by atoms with Crippen molar-refractivity contribution in [2.45, 2.75) is 18.0 Å². The van der Waals surface area contributed by atoms with Crippen molar-refractivity contribution in [3.63, 3.8) is 0 Å². The standard InChI is InChI=1S/C12H8F7N3/c1-22-8(7-5-3-2-4-6-7)20-9(21-22)10(13,14)11(15,16)12(17,18)19/h2-6H,1H3. The molecule has 120 valence electrons. The van der Waals surface area contributed by atoms with Crippen LogP contribution in [0.4, 0.5) is 30.7 Å². The lowest BCUT2D eigenvalue weighted by molar-refractivity contribution is -0.361. The number of benzene rings is 1. The van der Waals surface area contributed by atoms with E-state index < -0.39 is 23.8 Å². The zero-order valence-electron chi connectivity index (χ0n) is 10.9. The van der Waals surface area contributed by atoms with E-state index in [0.717, 1.165) is 7.05 Å². The quantitative estimate of drug-likeness (QED) is 0.804. The first-order chi connectivity index (χ1) is 9.98. The van der Waals surface area contributed by atoms with Crippen molar-refractivity contribution in [3.8, 4) is 11.4 Å². The number of hydrogen-bond acceptors (Lipinski definition) is 2. The Hall–Kier alpha value is -2.13. The summed E-state index contributed by atoms with van der Waals surface area (Å²) in [7, 11) is 1.11. The molecule has 0 fully saturated rings. The monoisotopic (exact) mass is 327 g/mol. The van der Waals surface area contributed by atoms with Crippen LogP contribution in [-0.2, 0) is 13.0 Å². The molecule has 0 bridgehead atoms. The molecular formula is C12H8F7N3. The Morgan fingerprint density at radius 1 is 0.909 bits per heavy atom. The topological polar surface area (TPSA) is 30.7 Å². The third-order valence-corrected chi connectivity index (χ3v) is 2.83. The van der Waals surface area contributed by atoms with Crippen LogP contribution in [0.3, 0.4) is 0 Å². The molecule has 0 aliphatic rings. The number of halogens is 7. The van der Waals surface area contributed by atoms with Gasteiger partial charge in [0.1, 0.15) is 0 Å². The minimum Gasteiger partial charge on any atom is -0.248 e. The number of rotatable bonds is 3. The van der Waals surface area contributed by atoms with Gasteiger partial charge in [-0.2, -0.15) is 30.7 Å². The van der Waals surface area contributed by atoms with E-state index in [4.69, 9.17) is 0 Å². The maximum Gasteiger partial charge on any atom is 0.460 e. The number of alkyl halides is 7. The first-order valence-corrected chi connectivity index (χ1v) is 5.78. The second-order valence-electron chi connectivity index (χ2n) is 4.40. The normalized spacial score (nSPS) is 13.5. The Balaban J connectivity index is 2.51. The van der Waals surface area contributed by atoms with Gasteiger partial charge in [0.05, 0.1) is 0 Å². The Morgan fingerprint density at radius 3 is 1.95 bits per heavy atom. The molecule has 1 heterocycles. The molecule has 22 heavy (non-hydrogen) atoms. The second-order valence-corrected chi connectivity index (χ2v) is 4.40. The van der Waals surface area contributed by atoms with Crippen LogP contribution in [0.1, 0.15) is 5.82 Å². The van der Waals surface area contributed by atoms with Crippen molar-refractivity contribution in [1.82, 2.24) is 14.8 Å². The third kappa shape index (κ3) is 2.42. The fourth-order valence-corrected chi connectivity index (χ4v) is 1.67. The number of nitrogens with zero attached hydrogens (tertiary/aromatic N) is 3. The third-order valence-electron chi connectivity index (χ3n) is 2.83. The van der Waals surface area contributed by atoms with Crippen molar-refractivity contribution in [3.05, 3.63) is 36.2 Å². The molecule has 0 atom stereocenters. The van der Waals surface area contributed by atoms with Crippen LogP contribution in [0, 0.1) is 0 Å². The highest BCUT2D eigenvalue weighted by Crippen LogP contribution is 2.51. The van der Waals surface area contributed by atoms with Crippen molar-refractivity contribution < 1.29 is 30.7 Å². The van der Waals surface area contributed by atoms with Crippen molar-refractivity contribution in [1.29, 1.82) is 0 Å². The largest absolute Gasteiger partial charge is 0.460 e. The predicted molar refractivity (Wildman–Crippen MR) is 61.3 cm³/mol. The van der Waals surface area contributed by atoms with Gasteiger partial charge in [-0.1, -0.05) is 30.3 Å². The van der Waals surface area contributed by atoms with E-state index in [2.05, 4.69) is 10.1 Å². The van der Waals surface area contributed by atoms with Crippen LogP contribution in [-0.4, -0.2) is 26.9 Å². The summed E-state index contributed by atoms with van der Waals surface area (Å²) in [6.07, 6.45) is -6.43. The fraction of sp³-hybridized carbons (Fsp3) is 0.333. The van der Waals surface area contributed by atoms with Gasteiger partial charge in [-0.25, -0.2) is 9.67 Å². The second kappa shape index (κ2) is 4.96. The zero-order chi connectivity index (χ0) is 16.8.